The molecule has 4 N–H and O–H groups in total. The van der Waals surface area contributed by atoms with E-state index in [1.807, 2.05) is 18.3 Å². The molecule has 1 aliphatic rings. The molecule has 1 aliphatic heterocycles. The van der Waals surface area contributed by atoms with Crippen molar-refractivity contribution in [2.45, 2.75) is 38.3 Å². The number of nitrogens with zero attached hydrogens (tertiary/aromatic N) is 2. The molecule has 1 unspecified atom stereocenters. The van der Waals surface area contributed by atoms with Crippen LogP contribution in [-0.4, -0.2) is 31.6 Å². The van der Waals surface area contributed by atoms with Crippen molar-refractivity contribution in [1.29, 1.82) is 0 Å². The number of fused-ring (bicyclic) bond motifs is 1. The average Bonchev–Trinajstić information content (AvgIpc) is 2.96. The van der Waals surface area contributed by atoms with Crippen LogP contribution in [0.5, 0.6) is 5.75 Å². The van der Waals surface area contributed by atoms with E-state index in [1.165, 1.54) is 0 Å². The fraction of sp³-hybridized carbons (Fsp3) is 0.300. The molecule has 6 heteroatoms. The van der Waals surface area contributed by atoms with E-state index in [0.717, 1.165) is 40.7 Å². The summed E-state index contributed by atoms with van der Waals surface area (Å²) >= 11 is 0. The third kappa shape index (κ3) is 3.22. The summed E-state index contributed by atoms with van der Waals surface area (Å²) in [5.74, 6) is 0.857. The Morgan fingerprint density at radius 2 is 2.15 bits per heavy atom. The zero-order chi connectivity index (χ0) is 18.3. The van der Waals surface area contributed by atoms with Gasteiger partial charge >= 0.3 is 0 Å². The predicted molar refractivity (Wildman–Crippen MR) is 104 cm³/mol. The molecule has 3 aromatic rings. The van der Waals surface area contributed by atoms with Crippen LogP contribution < -0.4 is 10.6 Å². The van der Waals surface area contributed by atoms with Crippen LogP contribution in [0.2, 0.25) is 0 Å². The molecule has 4 rings (SSSR count). The van der Waals surface area contributed by atoms with Crippen molar-refractivity contribution >= 4 is 16.9 Å². The minimum Gasteiger partial charge on any atom is -0.508 e. The first-order valence-electron chi connectivity index (χ1n) is 8.76. The van der Waals surface area contributed by atoms with Gasteiger partial charge in [0.05, 0.1) is 5.69 Å². The van der Waals surface area contributed by atoms with E-state index < -0.39 is 0 Å². The van der Waals surface area contributed by atoms with Crippen molar-refractivity contribution in [2.75, 3.05) is 5.32 Å². The maximum absolute atomic E-state index is 9.63. The summed E-state index contributed by atoms with van der Waals surface area (Å²) in [6.45, 7) is 8.43. The van der Waals surface area contributed by atoms with Crippen LogP contribution in [0.25, 0.3) is 22.2 Å². The summed E-state index contributed by atoms with van der Waals surface area (Å²) in [4.78, 5) is 12.3. The van der Waals surface area contributed by atoms with E-state index in [4.69, 9.17) is 4.98 Å². The van der Waals surface area contributed by atoms with Gasteiger partial charge in [-0.3, -0.25) is 0 Å². The van der Waals surface area contributed by atoms with Gasteiger partial charge in [-0.2, -0.15) is 0 Å². The molecule has 2 aromatic heterocycles. The number of phenols is 1. The standard InChI is InChI=1S/C20H23N5O/c1-12-8-13(10-20(2,3)25-12)23-19-21-7-6-17(24-19)16-11-22-18-9-14(26)4-5-15(16)18/h4-7,9,11,13,22,25-26H,1,8,10H2,2-3H3,(H,21,23,24). The van der Waals surface area contributed by atoms with Gasteiger partial charge in [0.1, 0.15) is 5.75 Å². The molecule has 1 aromatic carbocycles. The van der Waals surface area contributed by atoms with Crippen molar-refractivity contribution < 1.29 is 5.11 Å². The van der Waals surface area contributed by atoms with Gasteiger partial charge in [0, 0.05) is 58.6 Å². The number of aromatic hydroxyl groups is 1. The fourth-order valence-corrected chi connectivity index (χ4v) is 3.76. The number of hydrogen-bond donors (Lipinski definition) is 4. The first-order valence-corrected chi connectivity index (χ1v) is 8.76. The van der Waals surface area contributed by atoms with Crippen LogP contribution in [0.4, 0.5) is 5.95 Å². The third-order valence-corrected chi connectivity index (χ3v) is 4.69. The molecule has 0 amide bonds. The Morgan fingerprint density at radius 1 is 1.31 bits per heavy atom. The summed E-state index contributed by atoms with van der Waals surface area (Å²) in [6, 6.07) is 7.43. The van der Waals surface area contributed by atoms with E-state index >= 15 is 0 Å². The monoisotopic (exact) mass is 349 g/mol. The second-order valence-corrected chi connectivity index (χ2v) is 7.56. The number of rotatable bonds is 3. The zero-order valence-corrected chi connectivity index (χ0v) is 15.0. The number of nitrogens with one attached hydrogen (secondary N) is 3. The van der Waals surface area contributed by atoms with Gasteiger partial charge in [0.15, 0.2) is 0 Å². The molecule has 6 nitrogen and oxygen atoms in total. The second kappa shape index (κ2) is 6.05. The van der Waals surface area contributed by atoms with Gasteiger partial charge in [-0.15, -0.1) is 0 Å². The van der Waals surface area contributed by atoms with E-state index in [2.05, 4.69) is 41.0 Å². The van der Waals surface area contributed by atoms with Gasteiger partial charge in [0.25, 0.3) is 0 Å². The molecular weight excluding hydrogens is 326 g/mol. The van der Waals surface area contributed by atoms with Crippen molar-refractivity contribution in [3.05, 3.63) is 48.9 Å². The average molecular weight is 349 g/mol. The van der Waals surface area contributed by atoms with Crippen molar-refractivity contribution in [1.82, 2.24) is 20.3 Å². The van der Waals surface area contributed by atoms with E-state index in [9.17, 15) is 5.11 Å². The summed E-state index contributed by atoms with van der Waals surface area (Å²) in [5, 5.41) is 17.5. The van der Waals surface area contributed by atoms with Gasteiger partial charge in [-0.25, -0.2) is 9.97 Å². The Balaban J connectivity index is 1.61. The van der Waals surface area contributed by atoms with Crippen LogP contribution in [-0.2, 0) is 0 Å². The highest BCUT2D eigenvalue weighted by molar-refractivity contribution is 5.95. The topological polar surface area (TPSA) is 85.9 Å². The quantitative estimate of drug-likeness (QED) is 0.578. The minimum absolute atomic E-state index is 0.00343. The van der Waals surface area contributed by atoms with Crippen molar-refractivity contribution in [3.63, 3.8) is 0 Å². The molecule has 3 heterocycles. The zero-order valence-electron chi connectivity index (χ0n) is 15.0. The molecule has 1 fully saturated rings. The largest absolute Gasteiger partial charge is 0.508 e. The van der Waals surface area contributed by atoms with Crippen molar-refractivity contribution in [2.24, 2.45) is 0 Å². The number of hydrogen-bond acceptors (Lipinski definition) is 5. The summed E-state index contributed by atoms with van der Waals surface area (Å²) in [5.41, 5.74) is 3.74. The summed E-state index contributed by atoms with van der Waals surface area (Å²) in [7, 11) is 0. The van der Waals surface area contributed by atoms with E-state index in [1.54, 1.807) is 18.3 Å². The van der Waals surface area contributed by atoms with E-state index in [-0.39, 0.29) is 17.3 Å². The molecular formula is C20H23N5O. The number of aromatic nitrogens is 3. The Hall–Kier alpha value is -3.02. The molecule has 0 radical (unpaired) electrons. The summed E-state index contributed by atoms with van der Waals surface area (Å²) < 4.78 is 0. The lowest BCUT2D eigenvalue weighted by Crippen LogP contribution is -2.48. The van der Waals surface area contributed by atoms with Crippen LogP contribution in [0.15, 0.2) is 48.9 Å². The molecule has 0 saturated carbocycles. The fourth-order valence-electron chi connectivity index (χ4n) is 3.76. The van der Waals surface area contributed by atoms with Crippen LogP contribution in [0.1, 0.15) is 26.7 Å². The molecule has 26 heavy (non-hydrogen) atoms. The SMILES string of the molecule is C=C1CC(Nc2nccc(-c3c[nH]c4cc(O)ccc34)n2)CC(C)(C)N1. The number of anilines is 1. The van der Waals surface area contributed by atoms with Crippen LogP contribution >= 0.6 is 0 Å². The van der Waals surface area contributed by atoms with Gasteiger partial charge in [-0.1, -0.05) is 6.58 Å². The van der Waals surface area contributed by atoms with Gasteiger partial charge in [0.2, 0.25) is 5.95 Å². The highest BCUT2D eigenvalue weighted by Crippen LogP contribution is 2.30. The number of H-pyrrole nitrogens is 1. The van der Waals surface area contributed by atoms with Gasteiger partial charge in [-0.05, 0) is 38.5 Å². The normalized spacial score (nSPS) is 19.3. The van der Waals surface area contributed by atoms with Crippen LogP contribution in [0.3, 0.4) is 0 Å². The predicted octanol–water partition coefficient (Wildman–Crippen LogP) is 3.79. The Morgan fingerprint density at radius 3 is 2.96 bits per heavy atom. The lowest BCUT2D eigenvalue weighted by molar-refractivity contribution is 0.324. The number of phenolic OH excluding ortho intramolecular Hbond substituents is 1. The Kier molecular flexibility index (Phi) is 3.83. The van der Waals surface area contributed by atoms with E-state index in [0.29, 0.717) is 5.95 Å². The Bertz CT molecular complexity index is 975. The smallest absolute Gasteiger partial charge is 0.223 e. The second-order valence-electron chi connectivity index (χ2n) is 7.56. The van der Waals surface area contributed by atoms with Crippen LogP contribution in [0, 0.1) is 0 Å². The highest BCUT2D eigenvalue weighted by atomic mass is 16.3. The first kappa shape index (κ1) is 16.4. The lowest BCUT2D eigenvalue weighted by atomic mass is 9.88. The summed E-state index contributed by atoms with van der Waals surface area (Å²) in [6.07, 6.45) is 5.49. The first-order chi connectivity index (χ1) is 12.4. The number of benzene rings is 1. The molecule has 1 atom stereocenters. The molecule has 134 valence electrons. The maximum atomic E-state index is 9.63. The molecule has 1 saturated heterocycles. The molecule has 0 aliphatic carbocycles. The minimum atomic E-state index is 0.00343. The number of piperidine rings is 1. The maximum Gasteiger partial charge on any atom is 0.223 e. The Labute approximate surface area is 152 Å². The lowest BCUT2D eigenvalue weighted by Gasteiger charge is -2.38. The highest BCUT2D eigenvalue weighted by Gasteiger charge is 2.29. The van der Waals surface area contributed by atoms with Gasteiger partial charge < -0.3 is 20.7 Å². The van der Waals surface area contributed by atoms with Crippen molar-refractivity contribution in [3.8, 4) is 17.0 Å². The molecule has 0 bridgehead atoms. The molecule has 0 spiro atoms. The number of aromatic amines is 1. The third-order valence-electron chi connectivity index (χ3n) is 4.69.